The Bertz CT molecular complexity index is 857. The Morgan fingerprint density at radius 1 is 0.889 bits per heavy atom. The molecule has 2 nitrogen and oxygen atoms in total. The zero-order valence-electron chi connectivity index (χ0n) is 15.7. The second-order valence-electron chi connectivity index (χ2n) is 7.52. The van der Waals surface area contributed by atoms with E-state index in [0.29, 0.717) is 12.8 Å². The van der Waals surface area contributed by atoms with E-state index in [1.165, 1.54) is 5.56 Å². The van der Waals surface area contributed by atoms with E-state index in [2.05, 4.69) is 13.8 Å². The van der Waals surface area contributed by atoms with Gasteiger partial charge in [0.05, 0.1) is 6.10 Å². The Morgan fingerprint density at radius 3 is 2.26 bits per heavy atom. The molecule has 0 heterocycles. The van der Waals surface area contributed by atoms with Gasteiger partial charge in [0, 0.05) is 5.02 Å². The largest absolute Gasteiger partial charge is 0.457 e. The van der Waals surface area contributed by atoms with Crippen molar-refractivity contribution in [2.45, 2.75) is 38.2 Å². The minimum Gasteiger partial charge on any atom is -0.457 e. The zero-order valence-corrected chi connectivity index (χ0v) is 16.5. The Hall–Kier alpha value is -2.29. The molecule has 3 aromatic rings. The first-order valence-electron chi connectivity index (χ1n) is 9.18. The predicted molar refractivity (Wildman–Crippen MR) is 112 cm³/mol. The monoisotopic (exact) mass is 380 g/mol. The van der Waals surface area contributed by atoms with Crippen LogP contribution in [0.25, 0.3) is 0 Å². The first-order valence-corrected chi connectivity index (χ1v) is 9.56. The molecule has 0 amide bonds. The maximum absolute atomic E-state index is 10.7. The van der Waals surface area contributed by atoms with Gasteiger partial charge in [0.1, 0.15) is 11.5 Å². The van der Waals surface area contributed by atoms with Gasteiger partial charge in [-0.2, -0.15) is 0 Å². The molecule has 0 spiro atoms. The summed E-state index contributed by atoms with van der Waals surface area (Å²) >= 11 is 5.99. The highest BCUT2D eigenvalue weighted by Gasteiger charge is 2.24. The smallest absolute Gasteiger partial charge is 0.127 e. The Kier molecular flexibility index (Phi) is 6.20. The quantitative estimate of drug-likeness (QED) is 0.513. The molecule has 27 heavy (non-hydrogen) atoms. The normalized spacial score (nSPS) is 12.6. The number of ether oxygens (including phenoxy) is 1. The standard InChI is InChI=1S/C24H25ClO2/c1-24(2,19-11-13-20(25)14-12-19)17-21(26)15-18-7-6-10-23(16-18)27-22-8-4-3-5-9-22/h3-14,16,21,26H,15,17H2,1-2H3. The molecule has 0 saturated heterocycles. The molecule has 140 valence electrons. The third-order valence-corrected chi connectivity index (χ3v) is 4.97. The molecule has 1 unspecified atom stereocenters. The second-order valence-corrected chi connectivity index (χ2v) is 7.95. The van der Waals surface area contributed by atoms with E-state index in [0.717, 1.165) is 22.1 Å². The molecule has 0 radical (unpaired) electrons. The van der Waals surface area contributed by atoms with Crippen molar-refractivity contribution in [3.05, 3.63) is 95.0 Å². The maximum Gasteiger partial charge on any atom is 0.127 e. The summed E-state index contributed by atoms with van der Waals surface area (Å²) in [5.74, 6) is 1.59. The molecule has 1 atom stereocenters. The van der Waals surface area contributed by atoms with Crippen LogP contribution in [-0.2, 0) is 11.8 Å². The summed E-state index contributed by atoms with van der Waals surface area (Å²) in [5.41, 5.74) is 2.09. The fourth-order valence-electron chi connectivity index (χ4n) is 3.31. The third kappa shape index (κ3) is 5.59. The molecule has 3 rings (SSSR count). The summed E-state index contributed by atoms with van der Waals surface area (Å²) in [6.07, 6.45) is 0.809. The van der Waals surface area contributed by atoms with Gasteiger partial charge in [-0.3, -0.25) is 0 Å². The predicted octanol–water partition coefficient (Wildman–Crippen LogP) is 6.40. The summed E-state index contributed by atoms with van der Waals surface area (Å²) in [5, 5.41) is 11.4. The number of aliphatic hydroxyl groups is 1. The van der Waals surface area contributed by atoms with Crippen molar-refractivity contribution in [1.29, 1.82) is 0 Å². The van der Waals surface area contributed by atoms with E-state index < -0.39 is 6.10 Å². The Balaban J connectivity index is 1.64. The van der Waals surface area contributed by atoms with Crippen molar-refractivity contribution in [3.63, 3.8) is 0 Å². The van der Waals surface area contributed by atoms with Gasteiger partial charge in [0.2, 0.25) is 0 Å². The van der Waals surface area contributed by atoms with E-state index >= 15 is 0 Å². The number of benzene rings is 3. The van der Waals surface area contributed by atoms with Gasteiger partial charge in [-0.05, 0) is 65.8 Å². The number of halogens is 1. The van der Waals surface area contributed by atoms with Crippen molar-refractivity contribution in [2.75, 3.05) is 0 Å². The van der Waals surface area contributed by atoms with Crippen LogP contribution in [0.1, 0.15) is 31.4 Å². The molecule has 0 fully saturated rings. The number of para-hydroxylation sites is 1. The molecule has 0 bridgehead atoms. The van der Waals surface area contributed by atoms with Gasteiger partial charge in [-0.25, -0.2) is 0 Å². The molecule has 3 heteroatoms. The van der Waals surface area contributed by atoms with Crippen LogP contribution in [0.4, 0.5) is 0 Å². The van der Waals surface area contributed by atoms with Gasteiger partial charge in [0.25, 0.3) is 0 Å². The van der Waals surface area contributed by atoms with Crippen molar-refractivity contribution in [3.8, 4) is 11.5 Å². The van der Waals surface area contributed by atoms with Crippen LogP contribution in [0.15, 0.2) is 78.9 Å². The summed E-state index contributed by atoms with van der Waals surface area (Å²) < 4.78 is 5.89. The maximum atomic E-state index is 10.7. The fraction of sp³-hybridized carbons (Fsp3) is 0.250. The third-order valence-electron chi connectivity index (χ3n) is 4.72. The van der Waals surface area contributed by atoms with E-state index in [9.17, 15) is 5.11 Å². The van der Waals surface area contributed by atoms with Crippen LogP contribution < -0.4 is 4.74 Å². The van der Waals surface area contributed by atoms with Crippen LogP contribution in [0, 0.1) is 0 Å². The molecule has 0 saturated carbocycles. The second kappa shape index (κ2) is 8.60. The average Bonchev–Trinajstić information content (AvgIpc) is 2.62. The first kappa shape index (κ1) is 19.5. The minimum absolute atomic E-state index is 0.137. The average molecular weight is 381 g/mol. The molecule has 0 aliphatic carbocycles. The summed E-state index contributed by atoms with van der Waals surface area (Å²) in [6.45, 7) is 4.29. The summed E-state index contributed by atoms with van der Waals surface area (Å²) in [7, 11) is 0. The van der Waals surface area contributed by atoms with E-state index in [-0.39, 0.29) is 5.41 Å². The molecular formula is C24H25ClO2. The highest BCUT2D eigenvalue weighted by Crippen LogP contribution is 2.30. The zero-order chi connectivity index (χ0) is 19.3. The first-order chi connectivity index (χ1) is 12.9. The fourth-order valence-corrected chi connectivity index (χ4v) is 3.44. The minimum atomic E-state index is -0.442. The van der Waals surface area contributed by atoms with Crippen molar-refractivity contribution in [1.82, 2.24) is 0 Å². The van der Waals surface area contributed by atoms with Gasteiger partial charge in [-0.1, -0.05) is 67.9 Å². The molecule has 0 aliphatic rings. The van der Waals surface area contributed by atoms with Gasteiger partial charge in [0.15, 0.2) is 0 Å². The lowest BCUT2D eigenvalue weighted by atomic mass is 9.79. The van der Waals surface area contributed by atoms with Crippen LogP contribution in [0.3, 0.4) is 0 Å². The molecule has 0 aromatic heterocycles. The van der Waals surface area contributed by atoms with Crippen molar-refractivity contribution in [2.24, 2.45) is 0 Å². The van der Waals surface area contributed by atoms with E-state index in [4.69, 9.17) is 16.3 Å². The van der Waals surface area contributed by atoms with Gasteiger partial charge >= 0.3 is 0 Å². The van der Waals surface area contributed by atoms with Gasteiger partial charge < -0.3 is 9.84 Å². The highest BCUT2D eigenvalue weighted by atomic mass is 35.5. The lowest BCUT2D eigenvalue weighted by Gasteiger charge is -2.28. The van der Waals surface area contributed by atoms with Gasteiger partial charge in [-0.15, -0.1) is 0 Å². The summed E-state index contributed by atoms with van der Waals surface area (Å²) in [4.78, 5) is 0. The number of hydrogen-bond donors (Lipinski definition) is 1. The SMILES string of the molecule is CC(C)(CC(O)Cc1cccc(Oc2ccccc2)c1)c1ccc(Cl)cc1. The Morgan fingerprint density at radius 2 is 1.56 bits per heavy atom. The number of aliphatic hydroxyl groups excluding tert-OH is 1. The lowest BCUT2D eigenvalue weighted by Crippen LogP contribution is -2.26. The van der Waals surface area contributed by atoms with Crippen molar-refractivity contribution >= 4 is 11.6 Å². The van der Waals surface area contributed by atoms with E-state index in [1.54, 1.807) is 0 Å². The molecular weight excluding hydrogens is 356 g/mol. The molecule has 1 N–H and O–H groups in total. The Labute approximate surface area is 166 Å². The number of rotatable bonds is 7. The van der Waals surface area contributed by atoms with Crippen LogP contribution >= 0.6 is 11.6 Å². The van der Waals surface area contributed by atoms with E-state index in [1.807, 2.05) is 78.9 Å². The lowest BCUT2D eigenvalue weighted by molar-refractivity contribution is 0.139. The van der Waals surface area contributed by atoms with Crippen LogP contribution in [-0.4, -0.2) is 11.2 Å². The molecule has 3 aromatic carbocycles. The highest BCUT2D eigenvalue weighted by molar-refractivity contribution is 6.30. The topological polar surface area (TPSA) is 29.5 Å². The molecule has 0 aliphatic heterocycles. The van der Waals surface area contributed by atoms with Crippen LogP contribution in [0.5, 0.6) is 11.5 Å². The number of hydrogen-bond acceptors (Lipinski definition) is 2. The summed E-state index contributed by atoms with van der Waals surface area (Å²) in [6, 6.07) is 25.5. The van der Waals surface area contributed by atoms with Crippen molar-refractivity contribution < 1.29 is 9.84 Å². The van der Waals surface area contributed by atoms with Crippen LogP contribution in [0.2, 0.25) is 5.02 Å².